The summed E-state index contributed by atoms with van der Waals surface area (Å²) in [7, 11) is -1.14. The Balaban J connectivity index is 3.95. The van der Waals surface area contributed by atoms with Gasteiger partial charge in [-0.3, -0.25) is 4.79 Å². The molecule has 0 aliphatic rings. The second-order valence-electron chi connectivity index (χ2n) is 2.39. The van der Waals surface area contributed by atoms with Crippen molar-refractivity contribution >= 4 is 13.6 Å². The van der Waals surface area contributed by atoms with E-state index in [2.05, 4.69) is 0 Å². The zero-order chi connectivity index (χ0) is 8.15. The maximum absolute atomic E-state index is 10.6. The molecule has 0 aromatic heterocycles. The SMILES string of the molecule is CC(=O)/C=C(\C)C[P+](C)=O. The Morgan fingerprint density at radius 1 is 1.50 bits per heavy atom. The van der Waals surface area contributed by atoms with Crippen LogP contribution in [0.4, 0.5) is 0 Å². The van der Waals surface area contributed by atoms with Crippen molar-refractivity contribution in [2.24, 2.45) is 0 Å². The summed E-state index contributed by atoms with van der Waals surface area (Å²) in [6.07, 6.45) is 2.06. The van der Waals surface area contributed by atoms with Crippen LogP contribution in [0, 0.1) is 0 Å². The number of carbonyl (C=O) groups excluding carboxylic acids is 1. The van der Waals surface area contributed by atoms with Crippen molar-refractivity contribution in [3.8, 4) is 0 Å². The lowest BCUT2D eigenvalue weighted by Gasteiger charge is -1.85. The lowest BCUT2D eigenvalue weighted by atomic mass is 10.3. The molecule has 56 valence electrons. The summed E-state index contributed by atoms with van der Waals surface area (Å²) < 4.78 is 10.6. The third kappa shape index (κ3) is 5.64. The van der Waals surface area contributed by atoms with E-state index in [-0.39, 0.29) is 5.78 Å². The normalized spacial score (nSPS) is 13.1. The molecule has 0 spiro atoms. The number of rotatable bonds is 3. The molecular formula is C7H12O2P+. The van der Waals surface area contributed by atoms with Crippen molar-refractivity contribution < 1.29 is 9.36 Å². The molecule has 0 aromatic rings. The van der Waals surface area contributed by atoms with Crippen LogP contribution in [-0.4, -0.2) is 18.6 Å². The highest BCUT2D eigenvalue weighted by Crippen LogP contribution is 2.17. The van der Waals surface area contributed by atoms with Crippen LogP contribution in [0.25, 0.3) is 0 Å². The fraction of sp³-hybridized carbons (Fsp3) is 0.571. The van der Waals surface area contributed by atoms with Crippen LogP contribution in [0.1, 0.15) is 13.8 Å². The second kappa shape index (κ2) is 4.35. The molecule has 10 heavy (non-hydrogen) atoms. The maximum Gasteiger partial charge on any atom is 0.339 e. The summed E-state index contributed by atoms with van der Waals surface area (Å²) in [6, 6.07) is 0. The number of hydrogen-bond acceptors (Lipinski definition) is 2. The molecule has 0 N–H and O–H groups in total. The second-order valence-corrected chi connectivity index (χ2v) is 3.96. The fourth-order valence-electron chi connectivity index (χ4n) is 0.744. The van der Waals surface area contributed by atoms with Crippen LogP contribution in [0.2, 0.25) is 0 Å². The van der Waals surface area contributed by atoms with Crippen LogP contribution in [-0.2, 0) is 9.36 Å². The Morgan fingerprint density at radius 3 is 2.30 bits per heavy atom. The van der Waals surface area contributed by atoms with Gasteiger partial charge in [0.1, 0.15) is 6.66 Å². The molecule has 0 saturated heterocycles. The zero-order valence-corrected chi connectivity index (χ0v) is 7.44. The lowest BCUT2D eigenvalue weighted by Crippen LogP contribution is -1.87. The maximum atomic E-state index is 10.6. The Labute approximate surface area is 62.1 Å². The topological polar surface area (TPSA) is 34.1 Å². The van der Waals surface area contributed by atoms with Crippen molar-refractivity contribution in [3.05, 3.63) is 11.6 Å². The molecule has 1 unspecified atom stereocenters. The molecule has 0 amide bonds. The largest absolute Gasteiger partial charge is 0.339 e. The summed E-state index contributed by atoms with van der Waals surface area (Å²) in [4.78, 5) is 10.5. The highest BCUT2D eigenvalue weighted by molar-refractivity contribution is 7.44. The number of ketones is 1. The van der Waals surface area contributed by atoms with Gasteiger partial charge < -0.3 is 0 Å². The minimum absolute atomic E-state index is 0.0225. The van der Waals surface area contributed by atoms with E-state index in [0.29, 0.717) is 6.16 Å². The molecular weight excluding hydrogens is 147 g/mol. The molecule has 0 fully saturated rings. The highest BCUT2D eigenvalue weighted by Gasteiger charge is 2.06. The van der Waals surface area contributed by atoms with E-state index in [0.717, 1.165) is 5.57 Å². The van der Waals surface area contributed by atoms with Gasteiger partial charge >= 0.3 is 7.80 Å². The third-order valence-electron chi connectivity index (χ3n) is 0.922. The predicted molar refractivity (Wildman–Crippen MR) is 42.8 cm³/mol. The summed E-state index contributed by atoms with van der Waals surface area (Å²) in [5.74, 6) is 0.0225. The van der Waals surface area contributed by atoms with E-state index in [1.165, 1.54) is 13.0 Å². The van der Waals surface area contributed by atoms with Crippen molar-refractivity contribution in [3.63, 3.8) is 0 Å². The molecule has 0 heterocycles. The Bertz CT molecular complexity index is 182. The Morgan fingerprint density at radius 2 is 2.00 bits per heavy atom. The lowest BCUT2D eigenvalue weighted by molar-refractivity contribution is -0.112. The molecule has 0 bridgehead atoms. The van der Waals surface area contributed by atoms with Gasteiger partial charge in [0, 0.05) is 0 Å². The molecule has 0 radical (unpaired) electrons. The molecule has 0 aliphatic carbocycles. The predicted octanol–water partition coefficient (Wildman–Crippen LogP) is 1.98. The summed E-state index contributed by atoms with van der Waals surface area (Å²) in [5, 5.41) is 0. The highest BCUT2D eigenvalue weighted by atomic mass is 31.1. The first kappa shape index (κ1) is 9.51. The van der Waals surface area contributed by atoms with E-state index in [1.807, 2.05) is 6.92 Å². The molecule has 1 atom stereocenters. The molecule has 0 aromatic carbocycles. The smallest absolute Gasteiger partial charge is 0.295 e. The van der Waals surface area contributed by atoms with Gasteiger partial charge in [0.2, 0.25) is 0 Å². The summed E-state index contributed by atoms with van der Waals surface area (Å²) in [6.45, 7) is 4.97. The van der Waals surface area contributed by atoms with Crippen molar-refractivity contribution in [2.45, 2.75) is 13.8 Å². The van der Waals surface area contributed by atoms with Gasteiger partial charge in [-0.15, -0.1) is 0 Å². The first-order valence-electron chi connectivity index (χ1n) is 3.08. The van der Waals surface area contributed by atoms with Gasteiger partial charge in [0.05, 0.1) is 0 Å². The monoisotopic (exact) mass is 159 g/mol. The molecule has 3 heteroatoms. The van der Waals surface area contributed by atoms with Crippen molar-refractivity contribution in [1.29, 1.82) is 0 Å². The average molecular weight is 159 g/mol. The van der Waals surface area contributed by atoms with Gasteiger partial charge in [-0.05, 0) is 25.5 Å². The van der Waals surface area contributed by atoms with Gasteiger partial charge in [-0.25, -0.2) is 0 Å². The molecule has 0 aliphatic heterocycles. The quantitative estimate of drug-likeness (QED) is 0.466. The van der Waals surface area contributed by atoms with E-state index in [4.69, 9.17) is 0 Å². The first-order valence-corrected chi connectivity index (χ1v) is 4.97. The van der Waals surface area contributed by atoms with Crippen molar-refractivity contribution in [2.75, 3.05) is 12.8 Å². The zero-order valence-electron chi connectivity index (χ0n) is 6.55. The number of carbonyl (C=O) groups is 1. The Kier molecular flexibility index (Phi) is 4.13. The summed E-state index contributed by atoms with van der Waals surface area (Å²) in [5.41, 5.74) is 0.899. The van der Waals surface area contributed by atoms with Gasteiger partial charge in [0.25, 0.3) is 0 Å². The molecule has 2 nitrogen and oxygen atoms in total. The van der Waals surface area contributed by atoms with Gasteiger partial charge in [-0.2, -0.15) is 0 Å². The van der Waals surface area contributed by atoms with Crippen molar-refractivity contribution in [1.82, 2.24) is 0 Å². The minimum Gasteiger partial charge on any atom is -0.295 e. The van der Waals surface area contributed by atoms with E-state index < -0.39 is 7.80 Å². The van der Waals surface area contributed by atoms with Crippen LogP contribution >= 0.6 is 7.80 Å². The van der Waals surface area contributed by atoms with Crippen LogP contribution in [0.3, 0.4) is 0 Å². The van der Waals surface area contributed by atoms with Crippen LogP contribution in [0.15, 0.2) is 11.6 Å². The Hall–Kier alpha value is -0.490. The van der Waals surface area contributed by atoms with E-state index >= 15 is 0 Å². The van der Waals surface area contributed by atoms with Crippen LogP contribution in [0.5, 0.6) is 0 Å². The molecule has 0 saturated carbocycles. The van der Waals surface area contributed by atoms with E-state index in [1.54, 1.807) is 6.66 Å². The first-order chi connectivity index (χ1) is 4.52. The third-order valence-corrected chi connectivity index (χ3v) is 1.87. The number of hydrogen-bond donors (Lipinski definition) is 0. The number of allylic oxidation sites excluding steroid dienone is 2. The standard InChI is InChI=1S/C7H12O2P/c1-6(4-7(2)8)5-10(3)9/h4H,5H2,1-3H3/q+1/b6-4+. The fourth-order valence-corrected chi connectivity index (χ4v) is 1.54. The van der Waals surface area contributed by atoms with Crippen LogP contribution < -0.4 is 0 Å². The van der Waals surface area contributed by atoms with E-state index in [9.17, 15) is 9.36 Å². The van der Waals surface area contributed by atoms with Gasteiger partial charge in [-0.1, -0.05) is 4.57 Å². The average Bonchev–Trinajstić information content (AvgIpc) is 1.58. The minimum atomic E-state index is -1.14. The summed E-state index contributed by atoms with van der Waals surface area (Å²) >= 11 is 0. The van der Waals surface area contributed by atoms with Gasteiger partial charge in [0.15, 0.2) is 11.9 Å². The molecule has 0 rings (SSSR count).